The van der Waals surface area contributed by atoms with Gasteiger partial charge in [0.25, 0.3) is 0 Å². The van der Waals surface area contributed by atoms with Crippen molar-refractivity contribution in [3.63, 3.8) is 0 Å². The predicted molar refractivity (Wildman–Crippen MR) is 101 cm³/mol. The average molecular weight is 321 g/mol. The van der Waals surface area contributed by atoms with Gasteiger partial charge in [-0.3, -0.25) is 0 Å². The van der Waals surface area contributed by atoms with Crippen molar-refractivity contribution in [3.8, 4) is 0 Å². The van der Waals surface area contributed by atoms with E-state index in [0.29, 0.717) is 11.8 Å². The van der Waals surface area contributed by atoms with Crippen LogP contribution < -0.4 is 0 Å². The summed E-state index contributed by atoms with van der Waals surface area (Å²) in [6.07, 6.45) is 15.2. The molecule has 0 N–H and O–H groups in total. The number of hydrogen-bond donors (Lipinski definition) is 0. The molecule has 1 heteroatoms. The van der Waals surface area contributed by atoms with Crippen LogP contribution in [0.3, 0.4) is 0 Å². The SMILES string of the molecule is CCC=CC(CCCCCCC)CC(CCl)c1ccccc1. The lowest BCUT2D eigenvalue weighted by Gasteiger charge is -2.20. The molecule has 0 aliphatic heterocycles. The molecule has 0 spiro atoms. The second kappa shape index (κ2) is 12.8. The van der Waals surface area contributed by atoms with Crippen LogP contribution in [0.4, 0.5) is 0 Å². The van der Waals surface area contributed by atoms with Gasteiger partial charge >= 0.3 is 0 Å². The molecular weight excluding hydrogens is 288 g/mol. The molecule has 0 aliphatic rings. The Morgan fingerprint density at radius 3 is 2.36 bits per heavy atom. The van der Waals surface area contributed by atoms with Gasteiger partial charge in [0.2, 0.25) is 0 Å². The Morgan fingerprint density at radius 1 is 1.00 bits per heavy atom. The first-order chi connectivity index (χ1) is 10.8. The van der Waals surface area contributed by atoms with Crippen LogP contribution in [0.5, 0.6) is 0 Å². The fourth-order valence-corrected chi connectivity index (χ4v) is 3.31. The van der Waals surface area contributed by atoms with E-state index in [2.05, 4.69) is 56.3 Å². The van der Waals surface area contributed by atoms with Gasteiger partial charge in [0.1, 0.15) is 0 Å². The van der Waals surface area contributed by atoms with Crippen molar-refractivity contribution in [2.75, 3.05) is 5.88 Å². The zero-order valence-corrected chi connectivity index (χ0v) is 15.2. The molecule has 1 aromatic rings. The number of allylic oxidation sites excluding steroid dienone is 2. The van der Waals surface area contributed by atoms with Crippen molar-refractivity contribution in [2.24, 2.45) is 5.92 Å². The highest BCUT2D eigenvalue weighted by molar-refractivity contribution is 6.18. The maximum absolute atomic E-state index is 6.26. The Bertz CT molecular complexity index is 382. The van der Waals surface area contributed by atoms with Crippen LogP contribution in [0.15, 0.2) is 42.5 Å². The first kappa shape index (κ1) is 19.3. The van der Waals surface area contributed by atoms with Gasteiger partial charge in [-0.15, -0.1) is 11.6 Å². The number of unbranched alkanes of at least 4 members (excludes halogenated alkanes) is 4. The van der Waals surface area contributed by atoms with Gasteiger partial charge in [-0.1, -0.05) is 88.4 Å². The average Bonchev–Trinajstić information content (AvgIpc) is 2.57. The summed E-state index contributed by atoms with van der Waals surface area (Å²) in [5.41, 5.74) is 1.39. The van der Waals surface area contributed by atoms with Gasteiger partial charge in [-0.25, -0.2) is 0 Å². The lowest BCUT2D eigenvalue weighted by atomic mass is 9.86. The summed E-state index contributed by atoms with van der Waals surface area (Å²) in [6.45, 7) is 4.49. The van der Waals surface area contributed by atoms with E-state index >= 15 is 0 Å². The molecule has 0 saturated carbocycles. The van der Waals surface area contributed by atoms with Gasteiger partial charge in [0, 0.05) is 5.88 Å². The molecule has 0 saturated heterocycles. The summed E-state index contributed by atoms with van der Waals surface area (Å²) in [5, 5.41) is 0. The molecule has 0 aromatic heterocycles. The fraction of sp³-hybridized carbons (Fsp3) is 0.619. The summed E-state index contributed by atoms with van der Waals surface area (Å²) in [4.78, 5) is 0. The van der Waals surface area contributed by atoms with Crippen LogP contribution in [-0.4, -0.2) is 5.88 Å². The Balaban J connectivity index is 2.53. The molecule has 2 atom stereocenters. The third kappa shape index (κ3) is 8.03. The normalized spacial score (nSPS) is 14.3. The number of rotatable bonds is 12. The standard InChI is InChI=1S/C21H33Cl/c1-3-5-7-8-10-14-19(13-6-4-2)17-21(18-22)20-15-11-9-12-16-20/h6,9,11-13,15-16,19,21H,3-5,7-8,10,14,17-18H2,1-2H3. The van der Waals surface area contributed by atoms with Crippen LogP contribution >= 0.6 is 11.6 Å². The zero-order valence-electron chi connectivity index (χ0n) is 14.4. The first-order valence-corrected chi connectivity index (χ1v) is 9.62. The second-order valence-corrected chi connectivity index (χ2v) is 6.61. The minimum atomic E-state index is 0.477. The van der Waals surface area contributed by atoms with E-state index in [9.17, 15) is 0 Å². The van der Waals surface area contributed by atoms with Crippen LogP contribution in [0.2, 0.25) is 0 Å². The molecule has 124 valence electrons. The fourth-order valence-electron chi connectivity index (χ4n) is 3.01. The maximum atomic E-state index is 6.26. The van der Waals surface area contributed by atoms with Crippen LogP contribution in [0.1, 0.15) is 76.7 Å². The summed E-state index contributed by atoms with van der Waals surface area (Å²) in [5.74, 6) is 1.87. The summed E-state index contributed by atoms with van der Waals surface area (Å²) in [6, 6.07) is 10.8. The largest absolute Gasteiger partial charge is 0.126 e. The van der Waals surface area contributed by atoms with Crippen LogP contribution in [0.25, 0.3) is 0 Å². The highest BCUT2D eigenvalue weighted by Crippen LogP contribution is 2.29. The topological polar surface area (TPSA) is 0 Å². The summed E-state index contributed by atoms with van der Waals surface area (Å²) in [7, 11) is 0. The highest BCUT2D eigenvalue weighted by atomic mass is 35.5. The van der Waals surface area contributed by atoms with Crippen molar-refractivity contribution < 1.29 is 0 Å². The lowest BCUT2D eigenvalue weighted by molar-refractivity contribution is 0.467. The van der Waals surface area contributed by atoms with E-state index in [-0.39, 0.29) is 0 Å². The third-order valence-electron chi connectivity index (χ3n) is 4.37. The van der Waals surface area contributed by atoms with Gasteiger partial charge in [-0.05, 0) is 36.7 Å². The molecule has 1 rings (SSSR count). The second-order valence-electron chi connectivity index (χ2n) is 6.30. The minimum Gasteiger partial charge on any atom is -0.126 e. The van der Waals surface area contributed by atoms with E-state index in [1.54, 1.807) is 0 Å². The monoisotopic (exact) mass is 320 g/mol. The molecule has 0 fully saturated rings. The molecule has 2 unspecified atom stereocenters. The first-order valence-electron chi connectivity index (χ1n) is 9.09. The van der Waals surface area contributed by atoms with E-state index in [1.165, 1.54) is 50.5 Å². The predicted octanol–water partition coefficient (Wildman–Crippen LogP) is 7.34. The van der Waals surface area contributed by atoms with Crippen molar-refractivity contribution >= 4 is 11.6 Å². The van der Waals surface area contributed by atoms with Gasteiger partial charge in [0.05, 0.1) is 0 Å². The molecule has 0 nitrogen and oxygen atoms in total. The molecule has 0 radical (unpaired) electrons. The highest BCUT2D eigenvalue weighted by Gasteiger charge is 2.15. The molecule has 0 heterocycles. The molecule has 0 bridgehead atoms. The molecule has 0 amide bonds. The van der Waals surface area contributed by atoms with E-state index in [1.807, 2.05) is 0 Å². The van der Waals surface area contributed by atoms with Gasteiger partial charge < -0.3 is 0 Å². The third-order valence-corrected chi connectivity index (χ3v) is 4.74. The lowest BCUT2D eigenvalue weighted by Crippen LogP contribution is -2.08. The Morgan fingerprint density at radius 2 is 1.73 bits per heavy atom. The smallest absolute Gasteiger partial charge is 0.0292 e. The van der Waals surface area contributed by atoms with Crippen molar-refractivity contribution in [2.45, 2.75) is 71.1 Å². The number of benzene rings is 1. The van der Waals surface area contributed by atoms with Gasteiger partial charge in [0.15, 0.2) is 0 Å². The Labute approximate surface area is 143 Å². The Hall–Kier alpha value is -0.750. The van der Waals surface area contributed by atoms with Crippen molar-refractivity contribution in [1.29, 1.82) is 0 Å². The molecule has 1 aromatic carbocycles. The Kier molecular flexibility index (Phi) is 11.2. The molecule has 22 heavy (non-hydrogen) atoms. The zero-order chi connectivity index (χ0) is 16.0. The molecule has 0 aliphatic carbocycles. The summed E-state index contributed by atoms with van der Waals surface area (Å²) >= 11 is 6.26. The van der Waals surface area contributed by atoms with Crippen molar-refractivity contribution in [1.82, 2.24) is 0 Å². The number of hydrogen-bond acceptors (Lipinski definition) is 0. The number of halogens is 1. The quantitative estimate of drug-likeness (QED) is 0.215. The molecular formula is C21H33Cl. The minimum absolute atomic E-state index is 0.477. The summed E-state index contributed by atoms with van der Waals surface area (Å²) < 4.78 is 0. The van der Waals surface area contributed by atoms with Gasteiger partial charge in [-0.2, -0.15) is 0 Å². The maximum Gasteiger partial charge on any atom is 0.0292 e. The van der Waals surface area contributed by atoms with Crippen molar-refractivity contribution in [3.05, 3.63) is 48.0 Å². The van der Waals surface area contributed by atoms with E-state index in [0.717, 1.165) is 12.3 Å². The number of alkyl halides is 1. The van der Waals surface area contributed by atoms with E-state index in [4.69, 9.17) is 11.6 Å². The van der Waals surface area contributed by atoms with Crippen LogP contribution in [0, 0.1) is 5.92 Å². The van der Waals surface area contributed by atoms with E-state index < -0.39 is 0 Å². The van der Waals surface area contributed by atoms with Crippen LogP contribution in [-0.2, 0) is 0 Å².